The van der Waals surface area contributed by atoms with E-state index in [2.05, 4.69) is 28.8 Å². The number of hydrogen-bond donors (Lipinski definition) is 1. The molecule has 0 atom stereocenters. The van der Waals surface area contributed by atoms with Crippen LogP contribution >= 0.6 is 11.5 Å². The number of carbonyl (C=O) groups is 1. The first kappa shape index (κ1) is 12.1. The van der Waals surface area contributed by atoms with E-state index in [1.54, 1.807) is 6.92 Å². The molecule has 0 aliphatic rings. The summed E-state index contributed by atoms with van der Waals surface area (Å²) in [5, 5.41) is 6.73. The number of amides is 1. The fraction of sp³-hybridized carbons (Fsp3) is 0.700. The highest BCUT2D eigenvalue weighted by atomic mass is 32.1. The van der Waals surface area contributed by atoms with E-state index in [4.69, 9.17) is 0 Å². The van der Waals surface area contributed by atoms with E-state index in [9.17, 15) is 4.79 Å². The Balaban J connectivity index is 2.47. The lowest BCUT2D eigenvalue weighted by atomic mass is 10.0. The summed E-state index contributed by atoms with van der Waals surface area (Å²) in [6, 6.07) is 0. The van der Waals surface area contributed by atoms with Crippen LogP contribution in [0.2, 0.25) is 0 Å². The van der Waals surface area contributed by atoms with Crippen LogP contribution < -0.4 is 5.32 Å². The number of nitrogens with zero attached hydrogens (tertiary/aromatic N) is 2. The molecule has 4 nitrogen and oxygen atoms in total. The molecular weight excluding hydrogens is 210 g/mol. The van der Waals surface area contributed by atoms with Gasteiger partial charge in [-0.25, -0.2) is 0 Å². The van der Waals surface area contributed by atoms with Gasteiger partial charge in [0.1, 0.15) is 4.88 Å². The van der Waals surface area contributed by atoms with Crippen molar-refractivity contribution in [1.29, 1.82) is 0 Å². The average Bonchev–Trinajstić information content (AvgIpc) is 2.66. The van der Waals surface area contributed by atoms with Crippen LogP contribution in [0.25, 0.3) is 0 Å². The van der Waals surface area contributed by atoms with E-state index in [0.717, 1.165) is 30.9 Å². The Labute approximate surface area is 94.3 Å². The maximum atomic E-state index is 11.7. The third-order valence-corrected chi connectivity index (χ3v) is 3.39. The van der Waals surface area contributed by atoms with Gasteiger partial charge in [0, 0.05) is 6.54 Å². The minimum Gasteiger partial charge on any atom is -0.351 e. The van der Waals surface area contributed by atoms with Crippen LogP contribution in [0.4, 0.5) is 0 Å². The second kappa shape index (κ2) is 5.80. The normalized spacial score (nSPS) is 10.7. The molecule has 84 valence electrons. The second-order valence-electron chi connectivity index (χ2n) is 3.58. The van der Waals surface area contributed by atoms with Crippen LogP contribution in [-0.4, -0.2) is 22.0 Å². The summed E-state index contributed by atoms with van der Waals surface area (Å²) >= 11 is 1.15. The van der Waals surface area contributed by atoms with E-state index in [1.807, 2.05) is 0 Å². The Morgan fingerprint density at radius 2 is 2.13 bits per heavy atom. The highest BCUT2D eigenvalue weighted by molar-refractivity contribution is 7.07. The lowest BCUT2D eigenvalue weighted by Crippen LogP contribution is -2.28. The minimum atomic E-state index is -0.0469. The van der Waals surface area contributed by atoms with Crippen molar-refractivity contribution in [3.8, 4) is 0 Å². The zero-order valence-electron chi connectivity index (χ0n) is 9.41. The largest absolute Gasteiger partial charge is 0.351 e. The monoisotopic (exact) mass is 227 g/mol. The predicted octanol–water partition coefficient (Wildman–Crippen LogP) is 2.01. The molecule has 1 amide bonds. The van der Waals surface area contributed by atoms with Crippen molar-refractivity contribution in [2.45, 2.75) is 33.6 Å². The van der Waals surface area contributed by atoms with Gasteiger partial charge in [-0.2, -0.15) is 0 Å². The predicted molar refractivity (Wildman–Crippen MR) is 61.1 cm³/mol. The van der Waals surface area contributed by atoms with E-state index >= 15 is 0 Å². The van der Waals surface area contributed by atoms with Crippen LogP contribution in [0.1, 0.15) is 42.1 Å². The molecule has 0 fully saturated rings. The Hall–Kier alpha value is -0.970. The van der Waals surface area contributed by atoms with Gasteiger partial charge in [-0.1, -0.05) is 31.2 Å². The maximum Gasteiger partial charge on any atom is 0.264 e. The van der Waals surface area contributed by atoms with Crippen LogP contribution in [-0.2, 0) is 0 Å². The smallest absolute Gasteiger partial charge is 0.264 e. The van der Waals surface area contributed by atoms with E-state index < -0.39 is 0 Å². The maximum absolute atomic E-state index is 11.7. The molecule has 15 heavy (non-hydrogen) atoms. The van der Waals surface area contributed by atoms with Gasteiger partial charge in [0.15, 0.2) is 0 Å². The lowest BCUT2D eigenvalue weighted by molar-refractivity contribution is 0.0949. The summed E-state index contributed by atoms with van der Waals surface area (Å²) in [7, 11) is 0. The van der Waals surface area contributed by atoms with Gasteiger partial charge in [-0.05, 0) is 24.4 Å². The Morgan fingerprint density at radius 1 is 1.47 bits per heavy atom. The quantitative estimate of drug-likeness (QED) is 0.837. The highest BCUT2D eigenvalue weighted by Gasteiger charge is 2.13. The molecule has 0 bridgehead atoms. The van der Waals surface area contributed by atoms with Crippen LogP contribution in [0.5, 0.6) is 0 Å². The summed E-state index contributed by atoms with van der Waals surface area (Å²) in [6.45, 7) is 6.82. The molecule has 0 aliphatic carbocycles. The zero-order valence-corrected chi connectivity index (χ0v) is 10.2. The van der Waals surface area contributed by atoms with Gasteiger partial charge in [0.2, 0.25) is 0 Å². The summed E-state index contributed by atoms with van der Waals surface area (Å²) in [6.07, 6.45) is 2.19. The molecule has 1 aromatic rings. The van der Waals surface area contributed by atoms with Crippen molar-refractivity contribution in [1.82, 2.24) is 14.9 Å². The van der Waals surface area contributed by atoms with Crippen molar-refractivity contribution < 1.29 is 4.79 Å². The molecule has 0 aliphatic heterocycles. The third kappa shape index (κ3) is 3.27. The van der Waals surface area contributed by atoms with Gasteiger partial charge in [0.05, 0.1) is 5.69 Å². The Kier molecular flexibility index (Phi) is 4.68. The van der Waals surface area contributed by atoms with Crippen molar-refractivity contribution in [3.63, 3.8) is 0 Å². The topological polar surface area (TPSA) is 54.9 Å². The first-order valence-electron chi connectivity index (χ1n) is 5.26. The molecule has 0 unspecified atom stereocenters. The third-order valence-electron chi connectivity index (χ3n) is 2.56. The lowest BCUT2D eigenvalue weighted by Gasteiger charge is -2.12. The number of hydrogen-bond acceptors (Lipinski definition) is 4. The fourth-order valence-electron chi connectivity index (χ4n) is 1.33. The van der Waals surface area contributed by atoms with E-state index in [0.29, 0.717) is 16.5 Å². The highest BCUT2D eigenvalue weighted by Crippen LogP contribution is 2.10. The molecule has 0 aromatic carbocycles. The number of nitrogens with one attached hydrogen (secondary N) is 1. The summed E-state index contributed by atoms with van der Waals surface area (Å²) in [5.41, 5.74) is 0.710. The molecule has 0 saturated carbocycles. The minimum absolute atomic E-state index is 0.0469. The fourth-order valence-corrected chi connectivity index (χ4v) is 1.91. The van der Waals surface area contributed by atoms with Crippen LogP contribution in [0.3, 0.4) is 0 Å². The standard InChI is InChI=1S/C10H17N3OS/c1-4-8(5-2)6-11-10(14)9-7(3)12-13-15-9/h8H,4-6H2,1-3H3,(H,11,14). The van der Waals surface area contributed by atoms with Gasteiger partial charge < -0.3 is 5.32 Å². The molecule has 0 spiro atoms. The van der Waals surface area contributed by atoms with E-state index in [1.165, 1.54) is 0 Å². The Bertz CT molecular complexity index is 320. The summed E-state index contributed by atoms with van der Waals surface area (Å²) in [5.74, 6) is 0.518. The summed E-state index contributed by atoms with van der Waals surface area (Å²) < 4.78 is 3.74. The van der Waals surface area contributed by atoms with Gasteiger partial charge in [-0.15, -0.1) is 5.10 Å². The van der Waals surface area contributed by atoms with Crippen LogP contribution in [0, 0.1) is 12.8 Å². The summed E-state index contributed by atoms with van der Waals surface area (Å²) in [4.78, 5) is 12.3. The first-order chi connectivity index (χ1) is 7.19. The first-order valence-corrected chi connectivity index (χ1v) is 6.03. The number of aryl methyl sites for hydroxylation is 1. The molecule has 5 heteroatoms. The Morgan fingerprint density at radius 3 is 2.60 bits per heavy atom. The molecule has 1 aromatic heterocycles. The molecule has 0 radical (unpaired) electrons. The van der Waals surface area contributed by atoms with Crippen molar-refractivity contribution in [3.05, 3.63) is 10.6 Å². The van der Waals surface area contributed by atoms with Crippen molar-refractivity contribution >= 4 is 17.4 Å². The van der Waals surface area contributed by atoms with Crippen LogP contribution in [0.15, 0.2) is 0 Å². The van der Waals surface area contributed by atoms with Crippen molar-refractivity contribution in [2.24, 2.45) is 5.92 Å². The van der Waals surface area contributed by atoms with E-state index in [-0.39, 0.29) is 5.91 Å². The van der Waals surface area contributed by atoms with Crippen molar-refractivity contribution in [2.75, 3.05) is 6.54 Å². The van der Waals surface area contributed by atoms with Gasteiger partial charge >= 0.3 is 0 Å². The molecule has 1 N–H and O–H groups in total. The molecule has 0 saturated heterocycles. The number of aromatic nitrogens is 2. The second-order valence-corrected chi connectivity index (χ2v) is 4.33. The van der Waals surface area contributed by atoms with Gasteiger partial charge in [-0.3, -0.25) is 4.79 Å². The average molecular weight is 227 g/mol. The SMILES string of the molecule is CCC(CC)CNC(=O)c1snnc1C. The number of carbonyl (C=O) groups excluding carboxylic acids is 1. The molecular formula is C10H17N3OS. The van der Waals surface area contributed by atoms with Gasteiger partial charge in [0.25, 0.3) is 5.91 Å². The zero-order chi connectivity index (χ0) is 11.3. The number of rotatable bonds is 5. The molecule has 1 rings (SSSR count). The molecule has 1 heterocycles.